The van der Waals surface area contributed by atoms with Crippen LogP contribution in [0, 0.1) is 11.8 Å². The molecule has 1 aliphatic rings. The molecule has 1 amide bonds. The zero-order valence-corrected chi connectivity index (χ0v) is 18.4. The van der Waals surface area contributed by atoms with E-state index >= 15 is 0 Å². The number of rotatable bonds is 5. The summed E-state index contributed by atoms with van der Waals surface area (Å²) < 4.78 is 2.15. The van der Waals surface area contributed by atoms with Crippen molar-refractivity contribution in [1.82, 2.24) is 25.1 Å². The van der Waals surface area contributed by atoms with Gasteiger partial charge in [0.05, 0.1) is 10.8 Å². The number of hydrogen-bond donors (Lipinski definition) is 1. The highest BCUT2D eigenvalue weighted by molar-refractivity contribution is 8.00. The smallest absolute Gasteiger partial charge is 0.233 e. The second-order valence-electron chi connectivity index (χ2n) is 8.17. The van der Waals surface area contributed by atoms with E-state index in [0.717, 1.165) is 35.0 Å². The fourth-order valence-electron chi connectivity index (χ4n) is 4.36. The van der Waals surface area contributed by atoms with Crippen LogP contribution in [0.3, 0.4) is 0 Å². The molecule has 154 valence electrons. The molecule has 0 bridgehead atoms. The van der Waals surface area contributed by atoms with Crippen molar-refractivity contribution in [3.05, 3.63) is 24.3 Å². The number of carbonyl (C=O) groups is 1. The third-order valence-corrected chi connectivity index (χ3v) is 7.31. The highest BCUT2D eigenvalue weighted by atomic mass is 32.2. The lowest BCUT2D eigenvalue weighted by atomic mass is 9.78. The van der Waals surface area contributed by atoms with E-state index in [4.69, 9.17) is 4.98 Å². The summed E-state index contributed by atoms with van der Waals surface area (Å²) in [6, 6.07) is 8.42. The van der Waals surface area contributed by atoms with E-state index in [1.165, 1.54) is 24.6 Å². The Bertz CT molecular complexity index is 1030. The van der Waals surface area contributed by atoms with Crippen molar-refractivity contribution in [2.75, 3.05) is 0 Å². The van der Waals surface area contributed by atoms with Gasteiger partial charge in [-0.15, -0.1) is 10.2 Å². The van der Waals surface area contributed by atoms with E-state index in [2.05, 4.69) is 53.0 Å². The second kappa shape index (κ2) is 8.30. The topological polar surface area (TPSA) is 72.7 Å². The summed E-state index contributed by atoms with van der Waals surface area (Å²) in [7, 11) is 0. The van der Waals surface area contributed by atoms with Crippen molar-refractivity contribution in [1.29, 1.82) is 0 Å². The number of amides is 1. The molecule has 4 atom stereocenters. The maximum absolute atomic E-state index is 12.8. The third-order valence-electron chi connectivity index (χ3n) is 6.36. The summed E-state index contributed by atoms with van der Waals surface area (Å²) in [6.07, 6.45) is 3.50. The summed E-state index contributed by atoms with van der Waals surface area (Å²) in [5.41, 5.74) is 2.75. The van der Waals surface area contributed by atoms with Crippen LogP contribution in [-0.4, -0.2) is 36.9 Å². The third kappa shape index (κ3) is 3.84. The molecule has 3 aromatic rings. The van der Waals surface area contributed by atoms with E-state index in [-0.39, 0.29) is 17.2 Å². The molecule has 0 saturated heterocycles. The number of aryl methyl sites for hydroxylation is 1. The fraction of sp³-hybridized carbons (Fsp3) is 0.545. The van der Waals surface area contributed by atoms with Gasteiger partial charge in [-0.05, 0) is 38.2 Å². The molecule has 1 saturated carbocycles. The average molecular weight is 412 g/mol. The lowest BCUT2D eigenvalue weighted by molar-refractivity contribution is -0.121. The predicted octanol–water partition coefficient (Wildman–Crippen LogP) is 4.42. The average Bonchev–Trinajstić information content (AvgIpc) is 3.04. The van der Waals surface area contributed by atoms with Crippen LogP contribution >= 0.6 is 11.8 Å². The highest BCUT2D eigenvalue weighted by Gasteiger charge is 2.29. The maximum atomic E-state index is 12.8. The molecule has 2 aromatic heterocycles. The molecule has 0 aliphatic heterocycles. The number of hydrogen-bond acceptors (Lipinski definition) is 5. The van der Waals surface area contributed by atoms with Crippen LogP contribution in [0.15, 0.2) is 29.4 Å². The Balaban J connectivity index is 1.52. The summed E-state index contributed by atoms with van der Waals surface area (Å²) in [5.74, 6) is 1.23. The number of nitrogens with zero attached hydrogens (tertiary/aromatic N) is 4. The van der Waals surface area contributed by atoms with Crippen LogP contribution in [0.4, 0.5) is 0 Å². The standard InChI is InChI=1S/C22H29N5OS/c1-5-27-18-12-7-6-10-16(18)19-20(27)24-22(26-25-19)29-15(4)21(28)23-17-11-8-9-13(2)14(17)3/h6-7,10,12-15,17H,5,8-9,11H2,1-4H3,(H,23,28)/t13-,14-,15-,17+/m0/s1. The molecule has 1 aromatic carbocycles. The number of aromatic nitrogens is 4. The molecular formula is C22H29N5OS. The van der Waals surface area contributed by atoms with E-state index < -0.39 is 0 Å². The minimum atomic E-state index is -0.266. The van der Waals surface area contributed by atoms with Crippen molar-refractivity contribution in [3.8, 4) is 0 Å². The van der Waals surface area contributed by atoms with E-state index in [9.17, 15) is 4.79 Å². The van der Waals surface area contributed by atoms with Gasteiger partial charge in [-0.3, -0.25) is 4.79 Å². The molecule has 7 heteroatoms. The van der Waals surface area contributed by atoms with Crippen LogP contribution in [0.1, 0.15) is 47.0 Å². The molecule has 4 rings (SSSR count). The van der Waals surface area contributed by atoms with Crippen molar-refractivity contribution < 1.29 is 4.79 Å². The first-order valence-electron chi connectivity index (χ1n) is 10.6. The molecule has 1 aliphatic carbocycles. The van der Waals surface area contributed by atoms with Gasteiger partial charge in [0.15, 0.2) is 5.65 Å². The molecule has 2 heterocycles. The number of thioether (sulfide) groups is 1. The Hall–Kier alpha value is -2.15. The molecule has 0 spiro atoms. The van der Waals surface area contributed by atoms with E-state index in [1.807, 2.05) is 19.1 Å². The lowest BCUT2D eigenvalue weighted by Gasteiger charge is -2.35. The molecule has 0 radical (unpaired) electrons. The molecule has 29 heavy (non-hydrogen) atoms. The van der Waals surface area contributed by atoms with Crippen LogP contribution in [0.2, 0.25) is 0 Å². The first-order valence-corrected chi connectivity index (χ1v) is 11.5. The van der Waals surface area contributed by atoms with Gasteiger partial charge in [0.2, 0.25) is 11.1 Å². The summed E-state index contributed by atoms with van der Waals surface area (Å²) in [5, 5.41) is 13.4. The zero-order valence-electron chi connectivity index (χ0n) is 17.6. The number of fused-ring (bicyclic) bond motifs is 3. The van der Waals surface area contributed by atoms with E-state index in [0.29, 0.717) is 17.0 Å². The van der Waals surface area contributed by atoms with Gasteiger partial charge in [0.1, 0.15) is 5.52 Å². The monoisotopic (exact) mass is 411 g/mol. The summed E-state index contributed by atoms with van der Waals surface area (Å²) in [6.45, 7) is 9.35. The van der Waals surface area contributed by atoms with Gasteiger partial charge in [0, 0.05) is 18.0 Å². The van der Waals surface area contributed by atoms with E-state index in [1.54, 1.807) is 0 Å². The van der Waals surface area contributed by atoms with Crippen molar-refractivity contribution in [3.63, 3.8) is 0 Å². The first kappa shape index (κ1) is 20.1. The van der Waals surface area contributed by atoms with Gasteiger partial charge >= 0.3 is 0 Å². The second-order valence-corrected chi connectivity index (χ2v) is 9.48. The lowest BCUT2D eigenvalue weighted by Crippen LogP contribution is -2.46. The Morgan fingerprint density at radius 2 is 2.07 bits per heavy atom. The van der Waals surface area contributed by atoms with Gasteiger partial charge in [0.25, 0.3) is 0 Å². The van der Waals surface area contributed by atoms with Gasteiger partial charge in [-0.2, -0.15) is 0 Å². The minimum absolute atomic E-state index is 0.0562. The molecule has 6 nitrogen and oxygen atoms in total. The van der Waals surface area contributed by atoms with Crippen LogP contribution in [-0.2, 0) is 11.3 Å². The Morgan fingerprint density at radius 1 is 1.28 bits per heavy atom. The van der Waals surface area contributed by atoms with Gasteiger partial charge in [-0.1, -0.05) is 56.7 Å². The number of benzene rings is 1. The largest absolute Gasteiger partial charge is 0.352 e. The highest BCUT2D eigenvalue weighted by Crippen LogP contribution is 2.31. The molecule has 0 unspecified atom stereocenters. The maximum Gasteiger partial charge on any atom is 0.233 e. The van der Waals surface area contributed by atoms with Crippen LogP contribution in [0.25, 0.3) is 22.1 Å². The number of para-hydroxylation sites is 1. The van der Waals surface area contributed by atoms with Crippen molar-refractivity contribution in [2.24, 2.45) is 11.8 Å². The Kier molecular flexibility index (Phi) is 5.76. The molecule has 1 fully saturated rings. The molecule has 1 N–H and O–H groups in total. The first-order chi connectivity index (χ1) is 14.0. The number of carbonyl (C=O) groups excluding carboxylic acids is 1. The SMILES string of the molecule is CCn1c2ccccc2c2nnc(S[C@@H](C)C(=O)N[C@@H]3CCC[C@H](C)[C@@H]3C)nc21. The van der Waals surface area contributed by atoms with Crippen LogP contribution in [0.5, 0.6) is 0 Å². The van der Waals surface area contributed by atoms with Crippen molar-refractivity contribution in [2.45, 2.75) is 70.0 Å². The quantitative estimate of drug-likeness (QED) is 0.629. The predicted molar refractivity (Wildman–Crippen MR) is 118 cm³/mol. The molecular weight excluding hydrogens is 382 g/mol. The number of nitrogens with one attached hydrogen (secondary N) is 1. The normalized spacial score (nSPS) is 23.4. The summed E-state index contributed by atoms with van der Waals surface area (Å²) >= 11 is 1.38. The van der Waals surface area contributed by atoms with Gasteiger partial charge in [-0.25, -0.2) is 4.98 Å². The van der Waals surface area contributed by atoms with Gasteiger partial charge < -0.3 is 9.88 Å². The van der Waals surface area contributed by atoms with Crippen molar-refractivity contribution >= 4 is 39.7 Å². The fourth-order valence-corrected chi connectivity index (χ4v) is 5.08. The Labute approximate surface area is 175 Å². The Morgan fingerprint density at radius 3 is 2.86 bits per heavy atom. The zero-order chi connectivity index (χ0) is 20.5. The minimum Gasteiger partial charge on any atom is -0.352 e. The van der Waals surface area contributed by atoms with Crippen LogP contribution < -0.4 is 5.32 Å². The summed E-state index contributed by atoms with van der Waals surface area (Å²) in [4.78, 5) is 17.5.